The van der Waals surface area contributed by atoms with Gasteiger partial charge >= 0.3 is 11.4 Å². The standard InChI is InChI=1S/C32H31Cl2N7O5/c33-22-1-10-28(29(34)17-22)32(20-38-12-11-35-21-38)45-19-27(46-32)18-44-26-8-6-24(7-9-26)40-15-13-39(14-16-40)23-2-4-25(5-3-23)41-30(42)36-37-31(41)43/h1-12,17,21,27H,13-16,18-20H2,(H,36,42)(H,37,43). The average molecular weight is 665 g/mol. The number of aromatic amines is 2. The largest absolute Gasteiger partial charge is 0.491 e. The molecule has 7 rings (SSSR count). The van der Waals surface area contributed by atoms with Gasteiger partial charge in [0, 0.05) is 60.5 Å². The number of imidazole rings is 1. The van der Waals surface area contributed by atoms with E-state index in [2.05, 4.69) is 37.1 Å². The lowest BCUT2D eigenvalue weighted by molar-refractivity contribution is -0.189. The first-order valence-electron chi connectivity index (χ1n) is 14.8. The minimum absolute atomic E-state index is 0.306. The van der Waals surface area contributed by atoms with Crippen LogP contribution in [0.15, 0.2) is 95.0 Å². The second kappa shape index (κ2) is 12.7. The molecule has 2 aromatic heterocycles. The molecule has 2 atom stereocenters. The lowest BCUT2D eigenvalue weighted by Crippen LogP contribution is -2.46. The summed E-state index contributed by atoms with van der Waals surface area (Å²) < 4.78 is 21.8. The SMILES string of the molecule is O=c1[nH][nH]c(=O)n1-c1ccc(N2CCN(c3ccc(OCC4COC(Cn5ccnc5)(c5ccc(Cl)cc5Cl)O4)cc3)CC2)cc1. The zero-order chi connectivity index (χ0) is 31.7. The molecule has 4 heterocycles. The Kier molecular flexibility index (Phi) is 8.34. The van der Waals surface area contributed by atoms with E-state index in [9.17, 15) is 9.59 Å². The van der Waals surface area contributed by atoms with Crippen LogP contribution in [0.25, 0.3) is 5.69 Å². The Morgan fingerprint density at radius 2 is 1.50 bits per heavy atom. The highest BCUT2D eigenvalue weighted by molar-refractivity contribution is 6.35. The predicted molar refractivity (Wildman–Crippen MR) is 175 cm³/mol. The number of nitrogens with one attached hydrogen (secondary N) is 2. The summed E-state index contributed by atoms with van der Waals surface area (Å²) in [6, 6.07) is 20.8. The van der Waals surface area contributed by atoms with Crippen molar-refractivity contribution in [3.8, 4) is 11.4 Å². The van der Waals surface area contributed by atoms with Crippen molar-refractivity contribution < 1.29 is 14.2 Å². The van der Waals surface area contributed by atoms with Crippen LogP contribution in [-0.2, 0) is 21.8 Å². The molecule has 3 aromatic carbocycles. The van der Waals surface area contributed by atoms with E-state index in [-0.39, 0.29) is 6.10 Å². The maximum absolute atomic E-state index is 11.9. The molecule has 46 heavy (non-hydrogen) atoms. The first-order chi connectivity index (χ1) is 22.4. The molecule has 12 nitrogen and oxygen atoms in total. The summed E-state index contributed by atoms with van der Waals surface area (Å²) in [6.45, 7) is 4.37. The van der Waals surface area contributed by atoms with E-state index in [1.165, 1.54) is 0 Å². The molecule has 0 spiro atoms. The fourth-order valence-corrected chi connectivity index (χ4v) is 6.45. The van der Waals surface area contributed by atoms with E-state index in [1.807, 2.05) is 41.1 Å². The number of aromatic nitrogens is 5. The highest BCUT2D eigenvalue weighted by atomic mass is 35.5. The van der Waals surface area contributed by atoms with Crippen LogP contribution < -0.4 is 25.9 Å². The number of halogens is 2. The molecular weight excluding hydrogens is 633 g/mol. The number of hydrogen-bond acceptors (Lipinski definition) is 8. The number of H-pyrrole nitrogens is 2. The zero-order valence-corrected chi connectivity index (χ0v) is 26.2. The van der Waals surface area contributed by atoms with Crippen molar-refractivity contribution >= 4 is 34.6 Å². The van der Waals surface area contributed by atoms with Crippen LogP contribution >= 0.6 is 23.2 Å². The van der Waals surface area contributed by atoms with E-state index in [1.54, 1.807) is 36.8 Å². The average Bonchev–Trinajstić information content (AvgIpc) is 3.82. The minimum atomic E-state index is -1.11. The molecule has 2 saturated heterocycles. The van der Waals surface area contributed by atoms with E-state index < -0.39 is 17.2 Å². The van der Waals surface area contributed by atoms with Gasteiger partial charge in [0.15, 0.2) is 0 Å². The van der Waals surface area contributed by atoms with Crippen molar-refractivity contribution in [2.24, 2.45) is 0 Å². The Hall–Kier alpha value is -4.49. The van der Waals surface area contributed by atoms with Gasteiger partial charge in [-0.1, -0.05) is 29.3 Å². The fourth-order valence-electron chi connectivity index (χ4n) is 5.90. The Bertz CT molecular complexity index is 1870. The Morgan fingerprint density at radius 1 is 0.870 bits per heavy atom. The van der Waals surface area contributed by atoms with Crippen molar-refractivity contribution in [3.05, 3.63) is 122 Å². The van der Waals surface area contributed by atoms with Gasteiger partial charge in [-0.3, -0.25) is 0 Å². The molecule has 2 aliphatic rings. The number of ether oxygens (including phenoxy) is 3. The van der Waals surface area contributed by atoms with Crippen molar-refractivity contribution in [2.75, 3.05) is 49.2 Å². The third-order valence-corrected chi connectivity index (χ3v) is 8.77. The quantitative estimate of drug-likeness (QED) is 0.242. The molecule has 14 heteroatoms. The molecule has 0 aliphatic carbocycles. The Labute approximate surface area is 273 Å². The Balaban J connectivity index is 0.938. The summed E-state index contributed by atoms with van der Waals surface area (Å²) in [5.41, 5.74) is 2.38. The van der Waals surface area contributed by atoms with E-state index in [0.717, 1.165) is 47.9 Å². The van der Waals surface area contributed by atoms with Crippen LogP contribution in [0.4, 0.5) is 11.4 Å². The van der Waals surface area contributed by atoms with Crippen LogP contribution in [0, 0.1) is 0 Å². The van der Waals surface area contributed by atoms with Crippen LogP contribution in [-0.4, -0.2) is 69.8 Å². The third-order valence-electron chi connectivity index (χ3n) is 8.22. The topological polar surface area (TPSA) is 123 Å². The molecule has 5 aromatic rings. The first-order valence-corrected chi connectivity index (χ1v) is 15.6. The number of piperazine rings is 1. The molecule has 0 amide bonds. The molecular formula is C32H31Cl2N7O5. The zero-order valence-electron chi connectivity index (χ0n) is 24.6. The van der Waals surface area contributed by atoms with E-state index in [0.29, 0.717) is 41.1 Å². The lowest BCUT2D eigenvalue weighted by Gasteiger charge is -2.37. The van der Waals surface area contributed by atoms with Gasteiger partial charge < -0.3 is 28.6 Å². The lowest BCUT2D eigenvalue weighted by atomic mass is 10.1. The fraction of sp³-hybridized carbons (Fsp3) is 0.281. The molecule has 0 bridgehead atoms. The van der Waals surface area contributed by atoms with Gasteiger partial charge in [-0.15, -0.1) is 0 Å². The van der Waals surface area contributed by atoms with Gasteiger partial charge in [0.2, 0.25) is 5.79 Å². The summed E-state index contributed by atoms with van der Waals surface area (Å²) in [6.07, 6.45) is 4.94. The molecule has 2 unspecified atom stereocenters. The van der Waals surface area contributed by atoms with E-state index in [4.69, 9.17) is 37.4 Å². The molecule has 0 saturated carbocycles. The second-order valence-electron chi connectivity index (χ2n) is 11.2. The smallest absolute Gasteiger partial charge is 0.348 e. The summed E-state index contributed by atoms with van der Waals surface area (Å²) in [4.78, 5) is 32.5. The van der Waals surface area contributed by atoms with Crippen molar-refractivity contribution in [1.29, 1.82) is 0 Å². The Morgan fingerprint density at radius 3 is 2.11 bits per heavy atom. The number of rotatable bonds is 9. The maximum atomic E-state index is 11.9. The highest BCUT2D eigenvalue weighted by Crippen LogP contribution is 2.40. The third kappa shape index (κ3) is 6.16. The van der Waals surface area contributed by atoms with Gasteiger partial charge in [0.1, 0.15) is 18.5 Å². The first kappa shape index (κ1) is 30.2. The second-order valence-corrected chi connectivity index (χ2v) is 12.0. The van der Waals surface area contributed by atoms with Crippen LogP contribution in [0.2, 0.25) is 10.0 Å². The van der Waals surface area contributed by atoms with Crippen molar-refractivity contribution in [3.63, 3.8) is 0 Å². The van der Waals surface area contributed by atoms with Crippen LogP contribution in [0.3, 0.4) is 0 Å². The molecule has 2 aliphatic heterocycles. The number of nitrogens with zero attached hydrogens (tertiary/aromatic N) is 5. The summed E-state index contributed by atoms with van der Waals surface area (Å²) in [5.74, 6) is -0.367. The van der Waals surface area contributed by atoms with Gasteiger partial charge in [0.25, 0.3) is 0 Å². The predicted octanol–water partition coefficient (Wildman–Crippen LogP) is 4.03. The normalized spacial score (nSPS) is 19.9. The van der Waals surface area contributed by atoms with Gasteiger partial charge in [-0.2, -0.15) is 0 Å². The van der Waals surface area contributed by atoms with Crippen LogP contribution in [0.1, 0.15) is 5.56 Å². The van der Waals surface area contributed by atoms with Crippen molar-refractivity contribution in [1.82, 2.24) is 24.3 Å². The van der Waals surface area contributed by atoms with Crippen LogP contribution in [0.5, 0.6) is 5.75 Å². The van der Waals surface area contributed by atoms with Gasteiger partial charge in [-0.25, -0.2) is 29.3 Å². The number of anilines is 2. The molecule has 2 N–H and O–H groups in total. The maximum Gasteiger partial charge on any atom is 0.348 e. The summed E-state index contributed by atoms with van der Waals surface area (Å²) in [5, 5.41) is 5.60. The molecule has 2 fully saturated rings. The minimum Gasteiger partial charge on any atom is -0.491 e. The monoisotopic (exact) mass is 663 g/mol. The van der Waals surface area contributed by atoms with Gasteiger partial charge in [-0.05, 0) is 60.7 Å². The van der Waals surface area contributed by atoms with E-state index >= 15 is 0 Å². The number of benzene rings is 3. The molecule has 0 radical (unpaired) electrons. The summed E-state index contributed by atoms with van der Waals surface area (Å²) in [7, 11) is 0. The number of hydrogen-bond donors (Lipinski definition) is 2. The van der Waals surface area contributed by atoms with Gasteiger partial charge in [0.05, 0.1) is 30.2 Å². The molecule has 238 valence electrons. The summed E-state index contributed by atoms with van der Waals surface area (Å²) >= 11 is 12.7. The van der Waals surface area contributed by atoms with Crippen molar-refractivity contribution in [2.45, 2.75) is 18.4 Å². The highest BCUT2D eigenvalue weighted by Gasteiger charge is 2.45.